The summed E-state index contributed by atoms with van der Waals surface area (Å²) in [5.41, 5.74) is 12.0. The second-order valence-corrected chi connectivity index (χ2v) is 13.6. The Kier molecular flexibility index (Phi) is 4.91. The van der Waals surface area contributed by atoms with E-state index in [0.717, 1.165) is 55.5 Å². The lowest BCUT2D eigenvalue weighted by molar-refractivity contribution is 0.442. The molecule has 1 aliphatic heterocycles. The fourth-order valence-electron chi connectivity index (χ4n) is 9.31. The van der Waals surface area contributed by atoms with Gasteiger partial charge in [0.1, 0.15) is 22.7 Å². The highest BCUT2D eigenvalue weighted by atomic mass is 16.5. The van der Waals surface area contributed by atoms with E-state index in [1.54, 1.807) is 0 Å². The van der Waals surface area contributed by atoms with Crippen LogP contribution in [0.3, 0.4) is 0 Å². The molecule has 0 fully saturated rings. The molecule has 50 heavy (non-hydrogen) atoms. The molecular weight excluding hydrogens is 611 g/mol. The van der Waals surface area contributed by atoms with Crippen LogP contribution >= 0.6 is 0 Å². The van der Waals surface area contributed by atoms with Crippen molar-refractivity contribution in [3.05, 3.63) is 186 Å². The van der Waals surface area contributed by atoms with Gasteiger partial charge < -0.3 is 13.7 Å². The molecule has 232 valence electrons. The van der Waals surface area contributed by atoms with Gasteiger partial charge in [0.2, 0.25) is 0 Å². The maximum atomic E-state index is 7.19. The summed E-state index contributed by atoms with van der Waals surface area (Å²) in [5.74, 6) is 1.81. The number of nitrogens with zero attached hydrogens (tertiary/aromatic N) is 1. The van der Waals surface area contributed by atoms with Crippen LogP contribution in [0.5, 0.6) is 11.5 Å². The van der Waals surface area contributed by atoms with Crippen LogP contribution in [0.1, 0.15) is 22.3 Å². The zero-order valence-corrected chi connectivity index (χ0v) is 26.9. The molecule has 0 saturated heterocycles. The Morgan fingerprint density at radius 3 is 1.92 bits per heavy atom. The summed E-state index contributed by atoms with van der Waals surface area (Å²) in [6.45, 7) is 0. The molecule has 3 heterocycles. The Bertz CT molecular complexity index is 3040. The molecular formula is C47H27NO2. The zero-order chi connectivity index (χ0) is 32.6. The van der Waals surface area contributed by atoms with Crippen molar-refractivity contribution in [2.45, 2.75) is 5.41 Å². The lowest BCUT2D eigenvalue weighted by Gasteiger charge is -2.39. The molecule has 12 rings (SSSR count). The summed E-state index contributed by atoms with van der Waals surface area (Å²) in [6.07, 6.45) is 0. The largest absolute Gasteiger partial charge is 0.456 e. The van der Waals surface area contributed by atoms with Gasteiger partial charge in [-0.25, -0.2) is 0 Å². The van der Waals surface area contributed by atoms with Crippen LogP contribution in [0.15, 0.2) is 168 Å². The van der Waals surface area contributed by atoms with Crippen molar-refractivity contribution in [2.75, 3.05) is 0 Å². The number of ether oxygens (including phenoxy) is 1. The molecule has 0 bridgehead atoms. The third-order valence-corrected chi connectivity index (χ3v) is 11.3. The van der Waals surface area contributed by atoms with Crippen molar-refractivity contribution >= 4 is 54.5 Å². The van der Waals surface area contributed by atoms with Crippen LogP contribution in [0, 0.1) is 0 Å². The molecule has 1 aliphatic carbocycles. The first-order chi connectivity index (χ1) is 24.8. The second kappa shape index (κ2) is 9.31. The Morgan fingerprint density at radius 2 is 1.08 bits per heavy atom. The fraction of sp³-hybridized carbons (Fsp3) is 0.0213. The van der Waals surface area contributed by atoms with Crippen LogP contribution < -0.4 is 4.74 Å². The van der Waals surface area contributed by atoms with Gasteiger partial charge in [0.05, 0.1) is 21.8 Å². The second-order valence-electron chi connectivity index (χ2n) is 13.6. The number of rotatable bonds is 1. The summed E-state index contributed by atoms with van der Waals surface area (Å²) in [7, 11) is 0. The highest BCUT2D eigenvalue weighted by Crippen LogP contribution is 2.63. The van der Waals surface area contributed by atoms with Crippen molar-refractivity contribution in [1.29, 1.82) is 0 Å². The number of fused-ring (bicyclic) bond motifs is 18. The Labute approximate surface area is 287 Å². The minimum absolute atomic E-state index is 0.530. The summed E-state index contributed by atoms with van der Waals surface area (Å²) in [4.78, 5) is 0. The molecule has 0 saturated carbocycles. The topological polar surface area (TPSA) is 27.3 Å². The number of benzene rings is 8. The monoisotopic (exact) mass is 637 g/mol. The van der Waals surface area contributed by atoms with Gasteiger partial charge in [-0.1, -0.05) is 121 Å². The molecule has 2 aliphatic rings. The van der Waals surface area contributed by atoms with E-state index in [1.807, 2.05) is 12.1 Å². The van der Waals surface area contributed by atoms with Crippen LogP contribution in [0.4, 0.5) is 0 Å². The van der Waals surface area contributed by atoms with Gasteiger partial charge in [0, 0.05) is 39.0 Å². The van der Waals surface area contributed by atoms with Gasteiger partial charge in [-0.15, -0.1) is 0 Å². The number of furan rings is 1. The first-order valence-electron chi connectivity index (χ1n) is 17.2. The molecule has 2 aromatic heterocycles. The van der Waals surface area contributed by atoms with E-state index in [1.165, 1.54) is 49.5 Å². The first kappa shape index (κ1) is 26.4. The van der Waals surface area contributed by atoms with E-state index in [-0.39, 0.29) is 0 Å². The molecule has 10 aromatic rings. The summed E-state index contributed by atoms with van der Waals surface area (Å²) in [5, 5.41) is 6.96. The van der Waals surface area contributed by atoms with Crippen molar-refractivity contribution in [3.8, 4) is 28.3 Å². The number of para-hydroxylation sites is 2. The van der Waals surface area contributed by atoms with E-state index in [0.29, 0.717) is 0 Å². The predicted octanol–water partition coefficient (Wildman–Crippen LogP) is 12.3. The molecule has 8 aromatic carbocycles. The molecule has 0 atom stereocenters. The fourth-order valence-corrected chi connectivity index (χ4v) is 9.31. The summed E-state index contributed by atoms with van der Waals surface area (Å²) >= 11 is 0. The highest BCUT2D eigenvalue weighted by Gasteiger charge is 2.51. The van der Waals surface area contributed by atoms with Crippen molar-refractivity contribution in [3.63, 3.8) is 0 Å². The normalized spacial score (nSPS) is 13.9. The first-order valence-corrected chi connectivity index (χ1v) is 17.2. The van der Waals surface area contributed by atoms with Gasteiger partial charge in [0.15, 0.2) is 0 Å². The van der Waals surface area contributed by atoms with Gasteiger partial charge in [-0.2, -0.15) is 0 Å². The van der Waals surface area contributed by atoms with Gasteiger partial charge in [0.25, 0.3) is 0 Å². The van der Waals surface area contributed by atoms with Crippen LogP contribution in [-0.2, 0) is 5.41 Å². The molecule has 0 radical (unpaired) electrons. The standard InChI is InChI=1S/C47H27NO2/c1-2-12-30-28(11-1)21-25-39-44(30)45-40(48(39)29-22-23-34-33-15-5-9-19-41(33)49-43(34)27-29)26-24-38-46(45)50-42-20-10-8-18-37(42)47(38)35-16-6-3-13-31(35)32-14-4-7-17-36(32)47/h1-27H. The smallest absolute Gasteiger partial charge is 0.142 e. The average Bonchev–Trinajstić information content (AvgIpc) is 3.82. The van der Waals surface area contributed by atoms with E-state index in [9.17, 15) is 0 Å². The quantitative estimate of drug-likeness (QED) is 0.179. The third kappa shape index (κ3) is 3.11. The van der Waals surface area contributed by atoms with E-state index >= 15 is 0 Å². The minimum atomic E-state index is -0.530. The van der Waals surface area contributed by atoms with E-state index < -0.39 is 5.41 Å². The van der Waals surface area contributed by atoms with Crippen LogP contribution in [0.2, 0.25) is 0 Å². The number of hydrogen-bond acceptors (Lipinski definition) is 2. The van der Waals surface area contributed by atoms with Gasteiger partial charge >= 0.3 is 0 Å². The van der Waals surface area contributed by atoms with Crippen LogP contribution in [0.25, 0.3) is 71.3 Å². The minimum Gasteiger partial charge on any atom is -0.456 e. The predicted molar refractivity (Wildman–Crippen MR) is 203 cm³/mol. The van der Waals surface area contributed by atoms with Crippen LogP contribution in [-0.4, -0.2) is 4.57 Å². The lowest BCUT2D eigenvalue weighted by Crippen LogP contribution is -2.32. The summed E-state index contributed by atoms with van der Waals surface area (Å²) < 4.78 is 16.0. The van der Waals surface area contributed by atoms with Gasteiger partial charge in [-0.05, 0) is 69.4 Å². The maximum Gasteiger partial charge on any atom is 0.142 e. The summed E-state index contributed by atoms with van der Waals surface area (Å²) in [6, 6.07) is 59.2. The third-order valence-electron chi connectivity index (χ3n) is 11.3. The molecule has 0 amide bonds. The van der Waals surface area contributed by atoms with Crippen molar-refractivity contribution < 1.29 is 9.15 Å². The van der Waals surface area contributed by atoms with Crippen molar-refractivity contribution in [1.82, 2.24) is 4.57 Å². The van der Waals surface area contributed by atoms with Gasteiger partial charge in [-0.3, -0.25) is 0 Å². The van der Waals surface area contributed by atoms with E-state index in [4.69, 9.17) is 9.15 Å². The number of hydrogen-bond donors (Lipinski definition) is 0. The highest BCUT2D eigenvalue weighted by molar-refractivity contribution is 6.24. The molecule has 0 N–H and O–H groups in total. The lowest BCUT2D eigenvalue weighted by atomic mass is 9.66. The SMILES string of the molecule is c1ccc2c(c1)Oc1c(ccc3c1c1c4ccccc4ccc1n3-c1ccc3c(c1)oc1ccccc13)C21c2ccccc2-c2ccccc21. The number of aromatic nitrogens is 1. The molecule has 0 unspecified atom stereocenters. The Morgan fingerprint density at radius 1 is 0.440 bits per heavy atom. The zero-order valence-electron chi connectivity index (χ0n) is 26.9. The maximum absolute atomic E-state index is 7.19. The average molecular weight is 638 g/mol. The molecule has 3 heteroatoms. The molecule has 3 nitrogen and oxygen atoms in total. The van der Waals surface area contributed by atoms with E-state index in [2.05, 4.69) is 156 Å². The Balaban J connectivity index is 1.26. The van der Waals surface area contributed by atoms with Crippen molar-refractivity contribution in [2.24, 2.45) is 0 Å². The Hall–Kier alpha value is -6.58. The molecule has 1 spiro atoms.